The van der Waals surface area contributed by atoms with Crippen LogP contribution >= 0.6 is 0 Å². The maximum atomic E-state index is 12.4. The van der Waals surface area contributed by atoms with E-state index in [0.29, 0.717) is 63.5 Å². The van der Waals surface area contributed by atoms with E-state index in [9.17, 15) is 13.2 Å². The second-order valence-electron chi connectivity index (χ2n) is 6.69. The van der Waals surface area contributed by atoms with Crippen molar-refractivity contribution in [3.63, 3.8) is 0 Å². The SMILES string of the molecule is O=C(CCCCCNS(=O)(=O)c1ccc2c(c1)OCCO2)NCCc1ccco1. The van der Waals surface area contributed by atoms with Crippen molar-refractivity contribution in [2.24, 2.45) is 0 Å². The fourth-order valence-electron chi connectivity index (χ4n) is 2.94. The predicted octanol–water partition coefficient (Wildman–Crippen LogP) is 2.25. The van der Waals surface area contributed by atoms with Gasteiger partial charge in [0.1, 0.15) is 19.0 Å². The maximum absolute atomic E-state index is 12.4. The highest BCUT2D eigenvalue weighted by Gasteiger charge is 2.18. The number of sulfonamides is 1. The van der Waals surface area contributed by atoms with Gasteiger partial charge in [-0.15, -0.1) is 0 Å². The van der Waals surface area contributed by atoms with Crippen LogP contribution in [-0.2, 0) is 21.2 Å². The van der Waals surface area contributed by atoms with E-state index in [1.54, 1.807) is 12.3 Å². The third-order valence-corrected chi connectivity index (χ3v) is 5.93. The first kappa shape index (κ1) is 21.2. The zero-order chi connectivity index (χ0) is 20.5. The van der Waals surface area contributed by atoms with Crippen molar-refractivity contribution in [1.29, 1.82) is 0 Å². The van der Waals surface area contributed by atoms with Gasteiger partial charge in [-0.25, -0.2) is 13.1 Å². The Labute approximate surface area is 170 Å². The van der Waals surface area contributed by atoms with E-state index in [0.717, 1.165) is 12.2 Å². The van der Waals surface area contributed by atoms with Crippen LogP contribution in [0.2, 0.25) is 0 Å². The normalized spacial score (nSPS) is 13.2. The van der Waals surface area contributed by atoms with Crippen molar-refractivity contribution >= 4 is 15.9 Å². The van der Waals surface area contributed by atoms with Crippen LogP contribution in [0.1, 0.15) is 31.4 Å². The van der Waals surface area contributed by atoms with Crippen LogP contribution in [0.4, 0.5) is 0 Å². The standard InChI is InChI=1S/C20H26N2O6S/c23-20(21-11-9-16-5-4-12-26-16)6-2-1-3-10-22-29(24,25)17-7-8-18-19(15-17)28-14-13-27-18/h4-5,7-8,12,15,22H,1-3,6,9-11,13-14H2,(H,21,23). The Kier molecular flexibility index (Phi) is 7.54. The number of amides is 1. The topological polar surface area (TPSA) is 107 Å². The lowest BCUT2D eigenvalue weighted by Crippen LogP contribution is -2.26. The lowest BCUT2D eigenvalue weighted by Gasteiger charge is -2.18. The molecule has 0 aliphatic carbocycles. The summed E-state index contributed by atoms with van der Waals surface area (Å²) in [5.74, 6) is 1.83. The van der Waals surface area contributed by atoms with Crippen LogP contribution in [0.5, 0.6) is 11.5 Å². The van der Waals surface area contributed by atoms with Gasteiger partial charge in [0.25, 0.3) is 0 Å². The van der Waals surface area contributed by atoms with Gasteiger partial charge < -0.3 is 19.2 Å². The third kappa shape index (κ3) is 6.50. The van der Waals surface area contributed by atoms with Crippen molar-refractivity contribution in [2.75, 3.05) is 26.3 Å². The van der Waals surface area contributed by atoms with Gasteiger partial charge in [0.2, 0.25) is 15.9 Å². The number of carbonyl (C=O) groups excluding carboxylic acids is 1. The van der Waals surface area contributed by atoms with Crippen molar-refractivity contribution in [3.05, 3.63) is 42.4 Å². The van der Waals surface area contributed by atoms with Crippen LogP contribution in [0, 0.1) is 0 Å². The first-order valence-corrected chi connectivity index (χ1v) is 11.2. The molecule has 0 saturated heterocycles. The molecule has 0 unspecified atom stereocenters. The van der Waals surface area contributed by atoms with Gasteiger partial charge in [0, 0.05) is 32.0 Å². The first-order chi connectivity index (χ1) is 14.0. The Balaban J connectivity index is 1.30. The van der Waals surface area contributed by atoms with E-state index in [1.165, 1.54) is 12.1 Å². The van der Waals surface area contributed by atoms with Crippen molar-refractivity contribution in [1.82, 2.24) is 10.0 Å². The second-order valence-corrected chi connectivity index (χ2v) is 8.46. The predicted molar refractivity (Wildman–Crippen MR) is 107 cm³/mol. The average molecular weight is 423 g/mol. The molecule has 9 heteroatoms. The van der Waals surface area contributed by atoms with Crippen LogP contribution < -0.4 is 19.5 Å². The first-order valence-electron chi connectivity index (χ1n) is 9.73. The Bertz CT molecular complexity index is 896. The number of nitrogens with one attached hydrogen (secondary N) is 2. The number of carbonyl (C=O) groups is 1. The molecule has 1 aliphatic heterocycles. The summed E-state index contributed by atoms with van der Waals surface area (Å²) in [7, 11) is -3.60. The number of unbranched alkanes of at least 4 members (excludes halogenated alkanes) is 2. The van der Waals surface area contributed by atoms with Crippen LogP contribution in [0.3, 0.4) is 0 Å². The van der Waals surface area contributed by atoms with Gasteiger partial charge in [0.15, 0.2) is 11.5 Å². The molecule has 0 spiro atoms. The summed E-state index contributed by atoms with van der Waals surface area (Å²) < 4.78 is 43.4. The molecule has 1 aliphatic rings. The number of furan rings is 1. The molecule has 3 rings (SSSR count). The van der Waals surface area contributed by atoms with Crippen LogP contribution in [-0.4, -0.2) is 40.6 Å². The highest BCUT2D eigenvalue weighted by Crippen LogP contribution is 2.32. The largest absolute Gasteiger partial charge is 0.486 e. The van der Waals surface area contributed by atoms with E-state index in [4.69, 9.17) is 13.9 Å². The number of benzene rings is 1. The second kappa shape index (κ2) is 10.3. The molecule has 1 aromatic heterocycles. The van der Waals surface area contributed by atoms with E-state index in [-0.39, 0.29) is 10.8 Å². The van der Waals surface area contributed by atoms with Gasteiger partial charge in [-0.05, 0) is 37.1 Å². The molecule has 2 N–H and O–H groups in total. The Morgan fingerprint density at radius 2 is 1.83 bits per heavy atom. The summed E-state index contributed by atoms with van der Waals surface area (Å²) in [5, 5.41) is 2.85. The Hall–Kier alpha value is -2.52. The lowest BCUT2D eigenvalue weighted by atomic mass is 10.2. The highest BCUT2D eigenvalue weighted by atomic mass is 32.2. The molecule has 1 aromatic carbocycles. The molecule has 29 heavy (non-hydrogen) atoms. The lowest BCUT2D eigenvalue weighted by molar-refractivity contribution is -0.121. The van der Waals surface area contributed by atoms with Crippen LogP contribution in [0.25, 0.3) is 0 Å². The molecule has 0 atom stereocenters. The van der Waals surface area contributed by atoms with Crippen LogP contribution in [0.15, 0.2) is 45.9 Å². The minimum Gasteiger partial charge on any atom is -0.486 e. The van der Waals surface area contributed by atoms with Crippen molar-refractivity contribution in [2.45, 2.75) is 37.0 Å². The smallest absolute Gasteiger partial charge is 0.240 e. The number of hydrogen-bond donors (Lipinski definition) is 2. The zero-order valence-corrected chi connectivity index (χ0v) is 17.0. The summed E-state index contributed by atoms with van der Waals surface area (Å²) in [5.41, 5.74) is 0. The minimum absolute atomic E-state index is 0.00610. The van der Waals surface area contributed by atoms with Crippen molar-refractivity contribution in [3.8, 4) is 11.5 Å². The Morgan fingerprint density at radius 3 is 2.62 bits per heavy atom. The van der Waals surface area contributed by atoms with E-state index in [2.05, 4.69) is 10.0 Å². The summed E-state index contributed by atoms with van der Waals surface area (Å²) in [6, 6.07) is 8.28. The third-order valence-electron chi connectivity index (χ3n) is 4.47. The van der Waals surface area contributed by atoms with Gasteiger partial charge >= 0.3 is 0 Å². The zero-order valence-electron chi connectivity index (χ0n) is 16.2. The van der Waals surface area contributed by atoms with E-state index < -0.39 is 10.0 Å². The molecular formula is C20H26N2O6S. The maximum Gasteiger partial charge on any atom is 0.240 e. The minimum atomic E-state index is -3.60. The number of hydrogen-bond acceptors (Lipinski definition) is 6. The summed E-state index contributed by atoms with van der Waals surface area (Å²) in [6.45, 7) is 1.72. The average Bonchev–Trinajstić information content (AvgIpc) is 3.23. The fraction of sp³-hybridized carbons (Fsp3) is 0.450. The molecule has 0 radical (unpaired) electrons. The number of fused-ring (bicyclic) bond motifs is 1. The van der Waals surface area contributed by atoms with E-state index >= 15 is 0 Å². The van der Waals surface area contributed by atoms with E-state index in [1.807, 2.05) is 12.1 Å². The molecule has 0 saturated carbocycles. The summed E-state index contributed by atoms with van der Waals surface area (Å²) in [6.07, 6.45) is 4.82. The summed E-state index contributed by atoms with van der Waals surface area (Å²) in [4.78, 5) is 11.9. The molecular weight excluding hydrogens is 396 g/mol. The molecule has 158 valence electrons. The molecule has 1 amide bonds. The van der Waals surface area contributed by atoms with Gasteiger partial charge in [-0.2, -0.15) is 0 Å². The van der Waals surface area contributed by atoms with Gasteiger partial charge in [-0.3, -0.25) is 4.79 Å². The highest BCUT2D eigenvalue weighted by molar-refractivity contribution is 7.89. The van der Waals surface area contributed by atoms with Gasteiger partial charge in [-0.1, -0.05) is 6.42 Å². The summed E-state index contributed by atoms with van der Waals surface area (Å²) >= 11 is 0. The molecule has 2 heterocycles. The van der Waals surface area contributed by atoms with Gasteiger partial charge in [0.05, 0.1) is 11.2 Å². The molecule has 0 bridgehead atoms. The number of rotatable bonds is 11. The monoisotopic (exact) mass is 422 g/mol. The molecule has 8 nitrogen and oxygen atoms in total. The molecule has 2 aromatic rings. The fourth-order valence-corrected chi connectivity index (χ4v) is 4.03. The quantitative estimate of drug-likeness (QED) is 0.538. The number of ether oxygens (including phenoxy) is 2. The molecule has 0 fully saturated rings. The Morgan fingerprint density at radius 1 is 1.00 bits per heavy atom. The van der Waals surface area contributed by atoms with Crippen molar-refractivity contribution < 1.29 is 27.1 Å².